The molecule has 20 heavy (non-hydrogen) atoms. The summed E-state index contributed by atoms with van der Waals surface area (Å²) in [7, 11) is 1.84. The fourth-order valence-electron chi connectivity index (χ4n) is 2.16. The SMILES string of the molecule is CCc1cnc(CCNC(=NC)NC2CCCSC2)s1. The van der Waals surface area contributed by atoms with E-state index in [4.69, 9.17) is 0 Å². The van der Waals surface area contributed by atoms with Gasteiger partial charge in [0.1, 0.15) is 0 Å². The molecule has 1 atom stereocenters. The van der Waals surface area contributed by atoms with Crippen molar-refractivity contribution in [3.8, 4) is 0 Å². The van der Waals surface area contributed by atoms with Gasteiger partial charge in [-0.05, 0) is 25.0 Å². The second-order valence-corrected chi connectivity index (χ2v) is 7.23. The normalized spacial score (nSPS) is 19.9. The molecule has 1 aliphatic heterocycles. The fourth-order valence-corrected chi connectivity index (χ4v) is 4.09. The molecule has 2 heterocycles. The molecular formula is C14H24N4S2. The van der Waals surface area contributed by atoms with Crippen LogP contribution in [-0.4, -0.2) is 42.1 Å². The quantitative estimate of drug-likeness (QED) is 0.647. The van der Waals surface area contributed by atoms with Crippen molar-refractivity contribution in [2.24, 2.45) is 4.99 Å². The standard InChI is InChI=1S/C14H24N4S2/c1-3-12-9-17-13(20-12)6-7-16-14(15-2)18-11-5-4-8-19-10-11/h9,11H,3-8,10H2,1-2H3,(H2,15,16,18). The number of rotatable bonds is 5. The predicted molar refractivity (Wildman–Crippen MR) is 90.0 cm³/mol. The summed E-state index contributed by atoms with van der Waals surface area (Å²) in [6, 6.07) is 0.562. The van der Waals surface area contributed by atoms with Crippen LogP contribution >= 0.6 is 23.1 Å². The number of nitrogens with zero attached hydrogens (tertiary/aromatic N) is 2. The number of thioether (sulfide) groups is 1. The van der Waals surface area contributed by atoms with Crippen LogP contribution in [0.3, 0.4) is 0 Å². The van der Waals surface area contributed by atoms with E-state index in [0.717, 1.165) is 25.3 Å². The Kier molecular flexibility index (Phi) is 6.66. The van der Waals surface area contributed by atoms with E-state index in [1.165, 1.54) is 34.2 Å². The molecule has 2 N–H and O–H groups in total. The van der Waals surface area contributed by atoms with Crippen LogP contribution in [-0.2, 0) is 12.8 Å². The van der Waals surface area contributed by atoms with Crippen LogP contribution in [0.4, 0.5) is 0 Å². The summed E-state index contributed by atoms with van der Waals surface area (Å²) in [6.07, 6.45) is 6.59. The van der Waals surface area contributed by atoms with Crippen molar-refractivity contribution in [2.45, 2.75) is 38.6 Å². The van der Waals surface area contributed by atoms with E-state index in [9.17, 15) is 0 Å². The maximum absolute atomic E-state index is 4.44. The molecule has 0 aromatic carbocycles. The van der Waals surface area contributed by atoms with Gasteiger partial charge in [-0.3, -0.25) is 4.99 Å². The highest BCUT2D eigenvalue weighted by Crippen LogP contribution is 2.16. The van der Waals surface area contributed by atoms with Crippen LogP contribution in [0.1, 0.15) is 29.7 Å². The highest BCUT2D eigenvalue weighted by atomic mass is 32.2. The summed E-state index contributed by atoms with van der Waals surface area (Å²) in [5.74, 6) is 3.41. The molecule has 6 heteroatoms. The summed E-state index contributed by atoms with van der Waals surface area (Å²) in [4.78, 5) is 10.1. The second-order valence-electron chi connectivity index (χ2n) is 4.88. The Morgan fingerprint density at radius 2 is 2.45 bits per heavy atom. The number of hydrogen-bond donors (Lipinski definition) is 2. The zero-order chi connectivity index (χ0) is 14.2. The van der Waals surface area contributed by atoms with Gasteiger partial charge in [-0.25, -0.2) is 4.98 Å². The third-order valence-electron chi connectivity index (χ3n) is 3.31. The van der Waals surface area contributed by atoms with E-state index in [0.29, 0.717) is 6.04 Å². The van der Waals surface area contributed by atoms with Crippen molar-refractivity contribution in [3.05, 3.63) is 16.1 Å². The summed E-state index contributed by atoms with van der Waals surface area (Å²) in [6.45, 7) is 3.06. The molecule has 1 aromatic rings. The Balaban J connectivity index is 1.70. The number of hydrogen-bond acceptors (Lipinski definition) is 4. The summed E-state index contributed by atoms with van der Waals surface area (Å²) < 4.78 is 0. The van der Waals surface area contributed by atoms with Gasteiger partial charge in [0, 0.05) is 42.9 Å². The lowest BCUT2D eigenvalue weighted by molar-refractivity contribution is 0.582. The third-order valence-corrected chi connectivity index (χ3v) is 5.72. The minimum atomic E-state index is 0.562. The molecule has 1 aliphatic rings. The van der Waals surface area contributed by atoms with Crippen LogP contribution in [0.2, 0.25) is 0 Å². The molecule has 0 saturated carbocycles. The number of guanidine groups is 1. The molecular weight excluding hydrogens is 288 g/mol. The molecule has 2 rings (SSSR count). The topological polar surface area (TPSA) is 49.3 Å². The van der Waals surface area contributed by atoms with Gasteiger partial charge >= 0.3 is 0 Å². The van der Waals surface area contributed by atoms with Gasteiger partial charge < -0.3 is 10.6 Å². The first-order chi connectivity index (χ1) is 9.81. The zero-order valence-corrected chi connectivity index (χ0v) is 13.9. The molecule has 1 aromatic heterocycles. The van der Waals surface area contributed by atoms with Crippen molar-refractivity contribution < 1.29 is 0 Å². The predicted octanol–water partition coefficient (Wildman–Crippen LogP) is 2.31. The maximum Gasteiger partial charge on any atom is 0.191 e. The van der Waals surface area contributed by atoms with Crippen LogP contribution in [0.25, 0.3) is 0 Å². The Morgan fingerprint density at radius 3 is 3.10 bits per heavy atom. The maximum atomic E-state index is 4.44. The Hall–Kier alpha value is -0.750. The second kappa shape index (κ2) is 8.52. The average molecular weight is 313 g/mol. The van der Waals surface area contributed by atoms with Gasteiger partial charge in [0.15, 0.2) is 5.96 Å². The lowest BCUT2D eigenvalue weighted by Crippen LogP contribution is -2.46. The first-order valence-electron chi connectivity index (χ1n) is 7.30. The monoisotopic (exact) mass is 312 g/mol. The van der Waals surface area contributed by atoms with Crippen LogP contribution in [0.15, 0.2) is 11.2 Å². The molecule has 1 unspecified atom stereocenters. The lowest BCUT2D eigenvalue weighted by atomic mass is 10.2. The molecule has 112 valence electrons. The number of aryl methyl sites for hydroxylation is 1. The van der Waals surface area contributed by atoms with Gasteiger partial charge in [-0.2, -0.15) is 11.8 Å². The Bertz CT molecular complexity index is 425. The summed E-state index contributed by atoms with van der Waals surface area (Å²) in [5, 5.41) is 8.10. The summed E-state index contributed by atoms with van der Waals surface area (Å²) >= 11 is 3.84. The first-order valence-corrected chi connectivity index (χ1v) is 9.27. The molecule has 0 spiro atoms. The number of nitrogens with one attached hydrogen (secondary N) is 2. The minimum Gasteiger partial charge on any atom is -0.356 e. The number of aliphatic imine (C=N–C) groups is 1. The zero-order valence-electron chi connectivity index (χ0n) is 12.3. The highest BCUT2D eigenvalue weighted by molar-refractivity contribution is 7.99. The molecule has 0 amide bonds. The van der Waals surface area contributed by atoms with Gasteiger partial charge in [-0.15, -0.1) is 11.3 Å². The van der Waals surface area contributed by atoms with Crippen molar-refractivity contribution in [2.75, 3.05) is 25.1 Å². The molecule has 0 radical (unpaired) electrons. The largest absolute Gasteiger partial charge is 0.356 e. The molecule has 1 fully saturated rings. The molecule has 1 saturated heterocycles. The van der Waals surface area contributed by atoms with Crippen LogP contribution < -0.4 is 10.6 Å². The van der Waals surface area contributed by atoms with Gasteiger partial charge in [0.05, 0.1) is 5.01 Å². The molecule has 0 bridgehead atoms. The summed E-state index contributed by atoms with van der Waals surface area (Å²) in [5.41, 5.74) is 0. The highest BCUT2D eigenvalue weighted by Gasteiger charge is 2.14. The Morgan fingerprint density at radius 1 is 1.55 bits per heavy atom. The average Bonchev–Trinajstić information content (AvgIpc) is 2.95. The van der Waals surface area contributed by atoms with Crippen LogP contribution in [0, 0.1) is 0 Å². The van der Waals surface area contributed by atoms with Crippen molar-refractivity contribution >= 4 is 29.1 Å². The van der Waals surface area contributed by atoms with Gasteiger partial charge in [0.25, 0.3) is 0 Å². The molecule has 0 aliphatic carbocycles. The van der Waals surface area contributed by atoms with Gasteiger partial charge in [0.2, 0.25) is 0 Å². The first kappa shape index (κ1) is 15.6. The van der Waals surface area contributed by atoms with E-state index in [1.54, 1.807) is 0 Å². The van der Waals surface area contributed by atoms with Crippen molar-refractivity contribution in [1.82, 2.24) is 15.6 Å². The smallest absolute Gasteiger partial charge is 0.191 e. The van der Waals surface area contributed by atoms with E-state index in [-0.39, 0.29) is 0 Å². The number of thiazole rings is 1. The minimum absolute atomic E-state index is 0.562. The number of aromatic nitrogens is 1. The van der Waals surface area contributed by atoms with E-state index in [1.807, 2.05) is 36.3 Å². The van der Waals surface area contributed by atoms with Crippen molar-refractivity contribution in [3.63, 3.8) is 0 Å². The van der Waals surface area contributed by atoms with Crippen LogP contribution in [0.5, 0.6) is 0 Å². The fraction of sp³-hybridized carbons (Fsp3) is 0.714. The van der Waals surface area contributed by atoms with E-state index < -0.39 is 0 Å². The lowest BCUT2D eigenvalue weighted by Gasteiger charge is -2.24. The molecule has 4 nitrogen and oxygen atoms in total. The van der Waals surface area contributed by atoms with Gasteiger partial charge in [-0.1, -0.05) is 6.92 Å². The van der Waals surface area contributed by atoms with E-state index in [2.05, 4.69) is 27.5 Å². The Labute approximate surface area is 129 Å². The van der Waals surface area contributed by atoms with Crippen molar-refractivity contribution in [1.29, 1.82) is 0 Å². The third kappa shape index (κ3) is 4.98. The van der Waals surface area contributed by atoms with E-state index >= 15 is 0 Å².